The number of carbonyl (C=O) groups excluding carboxylic acids is 2. The average Bonchev–Trinajstić information content (AvgIpc) is 3.30. The maximum atomic E-state index is 13.4. The Kier molecular flexibility index (Phi) is 4.14. The summed E-state index contributed by atoms with van der Waals surface area (Å²) in [5, 5.41) is 7.32. The molecule has 2 aliphatic carbocycles. The van der Waals surface area contributed by atoms with E-state index in [0.717, 1.165) is 56.2 Å². The molecular weight excluding hydrogens is 356 g/mol. The van der Waals surface area contributed by atoms with Gasteiger partial charge in [0.15, 0.2) is 5.69 Å². The molecule has 2 fully saturated rings. The first kappa shape index (κ1) is 17.3. The molecular formula is C20H24N6O2. The molecule has 8 nitrogen and oxygen atoms in total. The summed E-state index contributed by atoms with van der Waals surface area (Å²) < 4.78 is 0. The topological polar surface area (TPSA) is 95.1 Å². The number of aryl methyl sites for hydroxylation is 2. The van der Waals surface area contributed by atoms with Crippen LogP contribution in [0.3, 0.4) is 0 Å². The van der Waals surface area contributed by atoms with E-state index >= 15 is 0 Å². The molecule has 3 heterocycles. The normalized spacial score (nSPS) is 24.2. The van der Waals surface area contributed by atoms with Crippen molar-refractivity contribution >= 4 is 17.6 Å². The SMILES string of the molecule is Cc1nccc(N2C(=O)CN(C(=O)c3n[nH]c4c3CCC4)[C@H]3CCCC[C@@H]32)n1. The van der Waals surface area contributed by atoms with Gasteiger partial charge in [-0.15, -0.1) is 0 Å². The molecule has 146 valence electrons. The van der Waals surface area contributed by atoms with Crippen molar-refractivity contribution in [3.8, 4) is 0 Å². The van der Waals surface area contributed by atoms with Gasteiger partial charge in [-0.1, -0.05) is 12.8 Å². The molecule has 1 saturated carbocycles. The van der Waals surface area contributed by atoms with Gasteiger partial charge in [-0.2, -0.15) is 5.10 Å². The quantitative estimate of drug-likeness (QED) is 0.857. The van der Waals surface area contributed by atoms with Crippen molar-refractivity contribution in [2.45, 2.75) is 64.0 Å². The van der Waals surface area contributed by atoms with Crippen LogP contribution >= 0.6 is 0 Å². The van der Waals surface area contributed by atoms with Crippen molar-refractivity contribution in [1.82, 2.24) is 25.1 Å². The molecule has 1 saturated heterocycles. The highest BCUT2D eigenvalue weighted by Gasteiger charge is 2.45. The number of anilines is 1. The molecule has 0 unspecified atom stereocenters. The van der Waals surface area contributed by atoms with E-state index in [0.29, 0.717) is 17.3 Å². The number of nitrogens with zero attached hydrogens (tertiary/aromatic N) is 5. The second-order valence-corrected chi connectivity index (χ2v) is 7.96. The number of H-pyrrole nitrogens is 1. The Balaban J connectivity index is 1.48. The number of amides is 2. The summed E-state index contributed by atoms with van der Waals surface area (Å²) in [6.45, 7) is 1.90. The van der Waals surface area contributed by atoms with E-state index in [1.54, 1.807) is 22.1 Å². The fourth-order valence-corrected chi connectivity index (χ4v) is 5.01. The molecule has 3 aliphatic rings. The van der Waals surface area contributed by atoms with Crippen LogP contribution in [-0.4, -0.2) is 55.5 Å². The van der Waals surface area contributed by atoms with Crippen molar-refractivity contribution in [3.63, 3.8) is 0 Å². The molecule has 1 aliphatic heterocycles. The number of carbonyl (C=O) groups is 2. The lowest BCUT2D eigenvalue weighted by molar-refractivity contribution is -0.123. The van der Waals surface area contributed by atoms with Crippen LogP contribution in [0.1, 0.15) is 59.7 Å². The van der Waals surface area contributed by atoms with Crippen molar-refractivity contribution in [1.29, 1.82) is 0 Å². The van der Waals surface area contributed by atoms with Gasteiger partial charge in [-0.3, -0.25) is 19.6 Å². The summed E-state index contributed by atoms with van der Waals surface area (Å²) in [6, 6.07) is 1.75. The van der Waals surface area contributed by atoms with E-state index in [1.807, 2.05) is 6.92 Å². The second-order valence-electron chi connectivity index (χ2n) is 7.96. The lowest BCUT2D eigenvalue weighted by Crippen LogP contribution is -2.65. The third-order valence-corrected chi connectivity index (χ3v) is 6.28. The summed E-state index contributed by atoms with van der Waals surface area (Å²) >= 11 is 0. The van der Waals surface area contributed by atoms with Gasteiger partial charge < -0.3 is 4.90 Å². The standard InChI is InChI=1S/C20H24N6O2/c1-12-21-10-9-17(22-12)26-16-8-3-2-7-15(16)25(11-18(26)27)20(28)19-13-5-4-6-14(13)23-24-19/h9-10,15-16H,2-8,11H2,1H3,(H,23,24)/t15-,16-/m0/s1. The highest BCUT2D eigenvalue weighted by molar-refractivity contribution is 6.02. The minimum absolute atomic E-state index is 0.00275. The Bertz CT molecular complexity index is 939. The molecule has 5 rings (SSSR count). The summed E-state index contributed by atoms with van der Waals surface area (Å²) in [4.78, 5) is 38.7. The predicted molar refractivity (Wildman–Crippen MR) is 102 cm³/mol. The summed E-state index contributed by atoms with van der Waals surface area (Å²) in [5.74, 6) is 1.09. The lowest BCUT2D eigenvalue weighted by atomic mass is 9.85. The predicted octanol–water partition coefficient (Wildman–Crippen LogP) is 1.80. The Labute approximate surface area is 163 Å². The Morgan fingerprint density at radius 1 is 1.18 bits per heavy atom. The van der Waals surface area contributed by atoms with E-state index in [-0.39, 0.29) is 30.4 Å². The third-order valence-electron chi connectivity index (χ3n) is 6.28. The molecule has 2 aromatic rings. The van der Waals surface area contributed by atoms with Gasteiger partial charge in [-0.05, 0) is 45.1 Å². The van der Waals surface area contributed by atoms with Gasteiger partial charge in [-0.25, -0.2) is 9.97 Å². The van der Waals surface area contributed by atoms with E-state index < -0.39 is 0 Å². The van der Waals surface area contributed by atoms with Gasteiger partial charge in [0.2, 0.25) is 5.91 Å². The molecule has 0 bridgehead atoms. The van der Waals surface area contributed by atoms with E-state index in [1.165, 1.54) is 0 Å². The molecule has 28 heavy (non-hydrogen) atoms. The monoisotopic (exact) mass is 380 g/mol. The number of piperazine rings is 1. The largest absolute Gasteiger partial charge is 0.323 e. The molecule has 1 N–H and O–H groups in total. The maximum absolute atomic E-state index is 13.4. The third kappa shape index (κ3) is 2.70. The summed E-state index contributed by atoms with van der Waals surface area (Å²) in [5.41, 5.74) is 2.62. The van der Waals surface area contributed by atoms with Crippen LogP contribution in [0.4, 0.5) is 5.82 Å². The molecule has 2 aromatic heterocycles. The van der Waals surface area contributed by atoms with Crippen LogP contribution < -0.4 is 4.90 Å². The van der Waals surface area contributed by atoms with Crippen LogP contribution in [0, 0.1) is 6.92 Å². The van der Waals surface area contributed by atoms with Gasteiger partial charge in [0.25, 0.3) is 5.91 Å². The van der Waals surface area contributed by atoms with Crippen molar-refractivity contribution in [2.75, 3.05) is 11.4 Å². The molecule has 8 heteroatoms. The minimum Gasteiger partial charge on any atom is -0.323 e. The minimum atomic E-state index is -0.108. The van der Waals surface area contributed by atoms with Crippen molar-refractivity contribution in [3.05, 3.63) is 35.0 Å². The van der Waals surface area contributed by atoms with Crippen LogP contribution in [0.5, 0.6) is 0 Å². The van der Waals surface area contributed by atoms with Crippen LogP contribution in [-0.2, 0) is 17.6 Å². The average molecular weight is 380 g/mol. The fourth-order valence-electron chi connectivity index (χ4n) is 5.01. The van der Waals surface area contributed by atoms with Crippen molar-refractivity contribution < 1.29 is 9.59 Å². The number of rotatable bonds is 2. The highest BCUT2D eigenvalue weighted by atomic mass is 16.2. The fraction of sp³-hybridized carbons (Fsp3) is 0.550. The number of aromatic nitrogens is 4. The van der Waals surface area contributed by atoms with Gasteiger partial charge in [0, 0.05) is 17.5 Å². The van der Waals surface area contributed by atoms with Gasteiger partial charge in [0.05, 0.1) is 12.1 Å². The number of nitrogens with one attached hydrogen (secondary N) is 1. The first-order valence-corrected chi connectivity index (χ1v) is 10.1. The molecule has 2 amide bonds. The maximum Gasteiger partial charge on any atom is 0.275 e. The van der Waals surface area contributed by atoms with Crippen molar-refractivity contribution in [2.24, 2.45) is 0 Å². The first-order valence-electron chi connectivity index (χ1n) is 10.1. The second kappa shape index (κ2) is 6.68. The molecule has 0 spiro atoms. The highest BCUT2D eigenvalue weighted by Crippen LogP contribution is 2.35. The van der Waals surface area contributed by atoms with Crippen LogP contribution in [0.15, 0.2) is 12.3 Å². The lowest BCUT2D eigenvalue weighted by Gasteiger charge is -2.48. The zero-order chi connectivity index (χ0) is 19.3. The zero-order valence-corrected chi connectivity index (χ0v) is 16.0. The Morgan fingerprint density at radius 3 is 2.82 bits per heavy atom. The van der Waals surface area contributed by atoms with Gasteiger partial charge in [0.1, 0.15) is 18.2 Å². The Morgan fingerprint density at radius 2 is 2.00 bits per heavy atom. The Hall–Kier alpha value is -2.77. The molecule has 2 atom stereocenters. The van der Waals surface area contributed by atoms with E-state index in [2.05, 4.69) is 20.2 Å². The van der Waals surface area contributed by atoms with Crippen LogP contribution in [0.25, 0.3) is 0 Å². The summed E-state index contributed by atoms with van der Waals surface area (Å²) in [6.07, 6.45) is 8.46. The number of hydrogen-bond donors (Lipinski definition) is 1. The van der Waals surface area contributed by atoms with Gasteiger partial charge >= 0.3 is 0 Å². The number of aromatic amines is 1. The molecule has 0 radical (unpaired) electrons. The zero-order valence-electron chi connectivity index (χ0n) is 16.0. The number of hydrogen-bond acceptors (Lipinski definition) is 5. The number of fused-ring (bicyclic) bond motifs is 2. The first-order chi connectivity index (χ1) is 13.6. The van der Waals surface area contributed by atoms with Crippen LogP contribution in [0.2, 0.25) is 0 Å². The van der Waals surface area contributed by atoms with E-state index in [4.69, 9.17) is 0 Å². The summed E-state index contributed by atoms with van der Waals surface area (Å²) in [7, 11) is 0. The van der Waals surface area contributed by atoms with E-state index in [9.17, 15) is 9.59 Å². The molecule has 0 aromatic carbocycles. The smallest absolute Gasteiger partial charge is 0.275 e.